The lowest BCUT2D eigenvalue weighted by Gasteiger charge is -2.08. The van der Waals surface area contributed by atoms with E-state index in [1.807, 2.05) is 12.1 Å². The molecule has 0 heterocycles. The van der Waals surface area contributed by atoms with Crippen LogP contribution in [0.1, 0.15) is 30.9 Å². The summed E-state index contributed by atoms with van der Waals surface area (Å²) in [4.78, 5) is -0.139. The molecule has 0 bridgehead atoms. The Kier molecular flexibility index (Phi) is 5.57. The molecule has 0 saturated heterocycles. The number of hydrogen-bond donors (Lipinski definition) is 1. The zero-order chi connectivity index (χ0) is 16.0. The van der Waals surface area contributed by atoms with Gasteiger partial charge in [-0.25, -0.2) is 0 Å². The van der Waals surface area contributed by atoms with Crippen molar-refractivity contribution in [1.29, 1.82) is 0 Å². The molecule has 5 heteroatoms. The molecule has 0 saturated carbocycles. The van der Waals surface area contributed by atoms with Crippen LogP contribution in [0.3, 0.4) is 0 Å². The fraction of sp³-hybridized carbons (Fsp3) is 0.294. The molecule has 0 unspecified atom stereocenters. The van der Waals surface area contributed by atoms with Crippen LogP contribution in [0, 0.1) is 0 Å². The van der Waals surface area contributed by atoms with Gasteiger partial charge in [-0.3, -0.25) is 4.55 Å². The molecule has 0 aliphatic heterocycles. The first-order valence-corrected chi connectivity index (χ1v) is 8.71. The smallest absolute Gasteiger partial charge is 0.294 e. The van der Waals surface area contributed by atoms with E-state index in [1.54, 1.807) is 0 Å². The Morgan fingerprint density at radius 3 is 2.09 bits per heavy atom. The van der Waals surface area contributed by atoms with Crippen LogP contribution in [0.5, 0.6) is 5.75 Å². The molecular formula is C17H20O4S. The molecule has 0 radical (unpaired) electrons. The van der Waals surface area contributed by atoms with Gasteiger partial charge in [0.1, 0.15) is 12.4 Å². The molecule has 0 aliphatic rings. The Balaban J connectivity index is 1.92. The third-order valence-corrected chi connectivity index (χ3v) is 4.24. The van der Waals surface area contributed by atoms with Crippen molar-refractivity contribution in [2.24, 2.45) is 0 Å². The average molecular weight is 320 g/mol. The minimum absolute atomic E-state index is 0.139. The first-order chi connectivity index (χ1) is 10.5. The summed E-state index contributed by atoms with van der Waals surface area (Å²) < 4.78 is 36.4. The Morgan fingerprint density at radius 2 is 1.55 bits per heavy atom. The highest BCUT2D eigenvalue weighted by atomic mass is 32.2. The third kappa shape index (κ3) is 4.86. The molecule has 118 valence electrons. The molecule has 2 rings (SSSR count). The van der Waals surface area contributed by atoms with Gasteiger partial charge in [0.05, 0.1) is 4.90 Å². The van der Waals surface area contributed by atoms with E-state index in [1.165, 1.54) is 42.7 Å². The minimum Gasteiger partial charge on any atom is -0.489 e. The maximum atomic E-state index is 10.9. The fourth-order valence-corrected chi connectivity index (χ4v) is 2.54. The van der Waals surface area contributed by atoms with E-state index >= 15 is 0 Å². The number of unbranched alkanes of at least 4 members (excludes halogenated alkanes) is 1. The molecule has 22 heavy (non-hydrogen) atoms. The Hall–Kier alpha value is -1.85. The molecular weight excluding hydrogens is 300 g/mol. The topological polar surface area (TPSA) is 63.6 Å². The van der Waals surface area contributed by atoms with E-state index < -0.39 is 10.1 Å². The van der Waals surface area contributed by atoms with Crippen molar-refractivity contribution < 1.29 is 17.7 Å². The highest BCUT2D eigenvalue weighted by molar-refractivity contribution is 7.85. The Bertz CT molecular complexity index is 688. The van der Waals surface area contributed by atoms with Gasteiger partial charge in [-0.2, -0.15) is 8.42 Å². The number of aryl methyl sites for hydroxylation is 1. The summed E-state index contributed by atoms with van der Waals surface area (Å²) in [7, 11) is -4.15. The number of benzene rings is 2. The summed E-state index contributed by atoms with van der Waals surface area (Å²) in [6.45, 7) is 2.59. The summed E-state index contributed by atoms with van der Waals surface area (Å²) >= 11 is 0. The monoisotopic (exact) mass is 320 g/mol. The predicted octanol–water partition coefficient (Wildman–Crippen LogP) is 3.85. The van der Waals surface area contributed by atoms with E-state index in [-0.39, 0.29) is 4.90 Å². The van der Waals surface area contributed by atoms with Gasteiger partial charge in [0.15, 0.2) is 0 Å². The molecule has 4 nitrogen and oxygen atoms in total. The van der Waals surface area contributed by atoms with Gasteiger partial charge in [0, 0.05) is 0 Å². The average Bonchev–Trinajstić information content (AvgIpc) is 2.51. The van der Waals surface area contributed by atoms with Gasteiger partial charge in [0.2, 0.25) is 0 Å². The fourth-order valence-electron chi connectivity index (χ4n) is 2.06. The van der Waals surface area contributed by atoms with E-state index in [4.69, 9.17) is 9.29 Å². The van der Waals surface area contributed by atoms with E-state index in [2.05, 4.69) is 19.1 Å². The Labute approximate surface area is 131 Å². The predicted molar refractivity (Wildman–Crippen MR) is 85.6 cm³/mol. The highest BCUT2D eigenvalue weighted by Crippen LogP contribution is 2.17. The van der Waals surface area contributed by atoms with Crippen molar-refractivity contribution in [2.45, 2.75) is 37.7 Å². The molecule has 0 fully saturated rings. The molecule has 1 N–H and O–H groups in total. The first kappa shape index (κ1) is 16.5. The third-order valence-electron chi connectivity index (χ3n) is 3.37. The zero-order valence-electron chi connectivity index (χ0n) is 12.5. The van der Waals surface area contributed by atoms with Crippen molar-refractivity contribution in [3.05, 3.63) is 59.7 Å². The first-order valence-electron chi connectivity index (χ1n) is 7.27. The van der Waals surface area contributed by atoms with Gasteiger partial charge in [-0.05, 0) is 48.2 Å². The number of rotatable bonds is 7. The van der Waals surface area contributed by atoms with Gasteiger partial charge in [-0.1, -0.05) is 37.6 Å². The van der Waals surface area contributed by atoms with Crippen LogP contribution in [0.25, 0.3) is 0 Å². The van der Waals surface area contributed by atoms with Crippen LogP contribution in [0.15, 0.2) is 53.4 Å². The van der Waals surface area contributed by atoms with Crippen molar-refractivity contribution in [2.75, 3.05) is 0 Å². The second-order valence-electron chi connectivity index (χ2n) is 5.16. The summed E-state index contributed by atoms with van der Waals surface area (Å²) in [6, 6.07) is 14.0. The van der Waals surface area contributed by atoms with Crippen LogP contribution in [-0.2, 0) is 23.1 Å². The molecule has 2 aromatic rings. The lowest BCUT2D eigenvalue weighted by Crippen LogP contribution is -1.99. The van der Waals surface area contributed by atoms with Crippen molar-refractivity contribution in [3.63, 3.8) is 0 Å². The van der Waals surface area contributed by atoms with Crippen LogP contribution in [0.2, 0.25) is 0 Å². The van der Waals surface area contributed by atoms with E-state index in [0.717, 1.165) is 12.0 Å². The second-order valence-corrected chi connectivity index (χ2v) is 6.58. The van der Waals surface area contributed by atoms with E-state index in [0.29, 0.717) is 12.4 Å². The van der Waals surface area contributed by atoms with Gasteiger partial charge < -0.3 is 4.74 Å². The van der Waals surface area contributed by atoms with Crippen molar-refractivity contribution >= 4 is 10.1 Å². The normalized spacial score (nSPS) is 11.4. The lowest BCUT2D eigenvalue weighted by molar-refractivity contribution is 0.306. The highest BCUT2D eigenvalue weighted by Gasteiger charge is 2.08. The minimum atomic E-state index is -4.15. The summed E-state index contributed by atoms with van der Waals surface area (Å²) in [5.74, 6) is 0.558. The molecule has 0 aliphatic carbocycles. The lowest BCUT2D eigenvalue weighted by atomic mass is 10.1. The van der Waals surface area contributed by atoms with Crippen LogP contribution < -0.4 is 4.74 Å². The summed E-state index contributed by atoms with van der Waals surface area (Å²) in [6.07, 6.45) is 3.47. The van der Waals surface area contributed by atoms with Crippen molar-refractivity contribution in [3.8, 4) is 5.75 Å². The van der Waals surface area contributed by atoms with Crippen LogP contribution >= 0.6 is 0 Å². The van der Waals surface area contributed by atoms with Crippen LogP contribution in [-0.4, -0.2) is 13.0 Å². The second kappa shape index (κ2) is 7.42. The summed E-state index contributed by atoms with van der Waals surface area (Å²) in [5, 5.41) is 0. The molecule has 0 atom stereocenters. The quantitative estimate of drug-likeness (QED) is 0.787. The van der Waals surface area contributed by atoms with Crippen LogP contribution in [0.4, 0.5) is 0 Å². The molecule has 0 spiro atoms. The standard InChI is InChI=1S/C17H20O4S/c1-2-3-4-14-5-7-15(8-6-14)13-21-16-9-11-17(12-10-16)22(18,19)20/h5-12H,2-4,13H2,1H3,(H,18,19,20). The molecule has 0 aromatic heterocycles. The number of hydrogen-bond acceptors (Lipinski definition) is 3. The van der Waals surface area contributed by atoms with E-state index in [9.17, 15) is 8.42 Å². The molecule has 2 aromatic carbocycles. The van der Waals surface area contributed by atoms with Gasteiger partial charge >= 0.3 is 0 Å². The summed E-state index contributed by atoms with van der Waals surface area (Å²) in [5.41, 5.74) is 2.38. The number of ether oxygens (including phenoxy) is 1. The zero-order valence-corrected chi connectivity index (χ0v) is 13.3. The maximum absolute atomic E-state index is 10.9. The van der Waals surface area contributed by atoms with Gasteiger partial charge in [0.25, 0.3) is 10.1 Å². The maximum Gasteiger partial charge on any atom is 0.294 e. The molecule has 0 amide bonds. The van der Waals surface area contributed by atoms with Crippen molar-refractivity contribution in [1.82, 2.24) is 0 Å². The SMILES string of the molecule is CCCCc1ccc(COc2ccc(S(=O)(=O)O)cc2)cc1. The Morgan fingerprint density at radius 1 is 0.955 bits per heavy atom. The largest absolute Gasteiger partial charge is 0.489 e. The van der Waals surface area contributed by atoms with Gasteiger partial charge in [-0.15, -0.1) is 0 Å².